The van der Waals surface area contributed by atoms with Crippen molar-refractivity contribution in [1.29, 1.82) is 0 Å². The Morgan fingerprint density at radius 1 is 1.19 bits per heavy atom. The van der Waals surface area contributed by atoms with Crippen molar-refractivity contribution in [2.75, 3.05) is 7.11 Å². The van der Waals surface area contributed by atoms with Gasteiger partial charge in [-0.25, -0.2) is 4.39 Å². The lowest BCUT2D eigenvalue weighted by atomic mass is 9.91. The predicted octanol–water partition coefficient (Wildman–Crippen LogP) is 4.50. The minimum atomic E-state index is -0.206. The number of aryl methyl sites for hydroxylation is 3. The van der Waals surface area contributed by atoms with Gasteiger partial charge in [0.2, 0.25) is 0 Å². The molecule has 0 aliphatic rings. The number of pyridine rings is 1. The van der Waals surface area contributed by atoms with E-state index in [0.717, 1.165) is 22.5 Å². The second-order valence-corrected chi connectivity index (χ2v) is 5.65. The molecule has 0 aliphatic carbocycles. The summed E-state index contributed by atoms with van der Waals surface area (Å²) < 4.78 is 19.3. The van der Waals surface area contributed by atoms with Crippen molar-refractivity contribution in [3.05, 3.63) is 58.2 Å². The molecule has 0 bridgehead atoms. The second-order valence-electron chi connectivity index (χ2n) is 5.65. The fraction of sp³-hybridized carbons (Fsp3) is 0.389. The Morgan fingerprint density at radius 3 is 2.52 bits per heavy atom. The van der Waals surface area contributed by atoms with Crippen molar-refractivity contribution >= 4 is 0 Å². The Morgan fingerprint density at radius 2 is 1.90 bits per heavy atom. The van der Waals surface area contributed by atoms with E-state index in [-0.39, 0.29) is 11.7 Å². The SMILES string of the molecule is COc1cc(F)c(CC(C)c2ccc(C)nc2C)cc1C. The number of ether oxygens (including phenoxy) is 1. The highest BCUT2D eigenvalue weighted by atomic mass is 19.1. The van der Waals surface area contributed by atoms with Gasteiger partial charge in [-0.2, -0.15) is 0 Å². The maximum atomic E-state index is 14.2. The van der Waals surface area contributed by atoms with Crippen LogP contribution in [0.25, 0.3) is 0 Å². The van der Waals surface area contributed by atoms with Crippen LogP contribution in [0.4, 0.5) is 4.39 Å². The number of benzene rings is 1. The lowest BCUT2D eigenvalue weighted by Crippen LogP contribution is -2.05. The average Bonchev–Trinajstić information content (AvgIpc) is 2.42. The molecule has 3 heteroatoms. The zero-order valence-corrected chi connectivity index (χ0v) is 13.3. The number of hydrogen-bond acceptors (Lipinski definition) is 2. The van der Waals surface area contributed by atoms with E-state index in [4.69, 9.17) is 4.74 Å². The summed E-state index contributed by atoms with van der Waals surface area (Å²) in [5, 5.41) is 0. The normalized spacial score (nSPS) is 12.3. The Bertz CT molecular complexity index is 652. The molecule has 21 heavy (non-hydrogen) atoms. The minimum absolute atomic E-state index is 0.206. The van der Waals surface area contributed by atoms with Crippen LogP contribution < -0.4 is 4.74 Å². The van der Waals surface area contributed by atoms with Crippen LogP contribution in [-0.2, 0) is 6.42 Å². The first-order chi connectivity index (χ1) is 9.92. The summed E-state index contributed by atoms with van der Waals surface area (Å²) in [6.07, 6.45) is 0.655. The largest absolute Gasteiger partial charge is 0.496 e. The zero-order chi connectivity index (χ0) is 15.6. The summed E-state index contributed by atoms with van der Waals surface area (Å²) in [7, 11) is 1.56. The first kappa shape index (κ1) is 15.5. The van der Waals surface area contributed by atoms with Crippen LogP contribution in [0.3, 0.4) is 0 Å². The molecule has 0 N–H and O–H groups in total. The predicted molar refractivity (Wildman–Crippen MR) is 83.5 cm³/mol. The summed E-state index contributed by atoms with van der Waals surface area (Å²) in [4.78, 5) is 4.49. The molecule has 1 heterocycles. The van der Waals surface area contributed by atoms with Crippen molar-refractivity contribution in [2.45, 2.75) is 40.0 Å². The molecule has 1 unspecified atom stereocenters. The summed E-state index contributed by atoms with van der Waals surface area (Å²) in [6, 6.07) is 7.45. The first-order valence-corrected chi connectivity index (χ1v) is 7.19. The maximum Gasteiger partial charge on any atom is 0.130 e. The molecule has 0 radical (unpaired) electrons. The Hall–Kier alpha value is -1.90. The molecule has 2 aromatic rings. The molecule has 1 aromatic carbocycles. The molecule has 2 rings (SSSR count). The van der Waals surface area contributed by atoms with E-state index in [1.807, 2.05) is 32.9 Å². The Labute approximate surface area is 126 Å². The van der Waals surface area contributed by atoms with Gasteiger partial charge >= 0.3 is 0 Å². The van der Waals surface area contributed by atoms with Gasteiger partial charge in [0.15, 0.2) is 0 Å². The van der Waals surface area contributed by atoms with Crippen LogP contribution in [0.15, 0.2) is 24.3 Å². The molecule has 0 saturated carbocycles. The van der Waals surface area contributed by atoms with E-state index < -0.39 is 0 Å². The monoisotopic (exact) mass is 287 g/mol. The van der Waals surface area contributed by atoms with E-state index in [0.29, 0.717) is 12.2 Å². The van der Waals surface area contributed by atoms with Crippen molar-refractivity contribution in [2.24, 2.45) is 0 Å². The zero-order valence-electron chi connectivity index (χ0n) is 13.3. The molecule has 0 saturated heterocycles. The van der Waals surface area contributed by atoms with Crippen molar-refractivity contribution in [3.63, 3.8) is 0 Å². The van der Waals surface area contributed by atoms with Crippen LogP contribution in [0, 0.1) is 26.6 Å². The minimum Gasteiger partial charge on any atom is -0.496 e. The fourth-order valence-electron chi connectivity index (χ4n) is 2.76. The third-order valence-corrected chi connectivity index (χ3v) is 3.89. The molecule has 0 fully saturated rings. The molecular weight excluding hydrogens is 265 g/mol. The van der Waals surface area contributed by atoms with Crippen molar-refractivity contribution in [1.82, 2.24) is 4.98 Å². The number of methoxy groups -OCH3 is 1. The first-order valence-electron chi connectivity index (χ1n) is 7.19. The van der Waals surface area contributed by atoms with Crippen molar-refractivity contribution < 1.29 is 9.13 Å². The van der Waals surface area contributed by atoms with E-state index in [2.05, 4.69) is 18.0 Å². The smallest absolute Gasteiger partial charge is 0.130 e. The van der Waals surface area contributed by atoms with E-state index in [1.54, 1.807) is 7.11 Å². The number of halogens is 1. The van der Waals surface area contributed by atoms with E-state index in [1.165, 1.54) is 11.6 Å². The molecular formula is C18H22FNO. The van der Waals surface area contributed by atoms with Crippen LogP contribution in [0.5, 0.6) is 5.75 Å². The second kappa shape index (κ2) is 6.25. The van der Waals surface area contributed by atoms with E-state index in [9.17, 15) is 4.39 Å². The van der Waals surface area contributed by atoms with Gasteiger partial charge in [-0.15, -0.1) is 0 Å². The number of aromatic nitrogens is 1. The fourth-order valence-corrected chi connectivity index (χ4v) is 2.76. The molecule has 1 aromatic heterocycles. The van der Waals surface area contributed by atoms with Crippen LogP contribution in [0.1, 0.15) is 40.9 Å². The molecule has 0 amide bonds. The molecule has 0 spiro atoms. The third-order valence-electron chi connectivity index (χ3n) is 3.89. The van der Waals surface area contributed by atoms with Gasteiger partial charge in [-0.05, 0) is 61.9 Å². The molecule has 0 aliphatic heterocycles. The maximum absolute atomic E-state index is 14.2. The molecule has 2 nitrogen and oxygen atoms in total. The van der Waals surface area contributed by atoms with Crippen LogP contribution in [-0.4, -0.2) is 12.1 Å². The summed E-state index contributed by atoms with van der Waals surface area (Å²) >= 11 is 0. The van der Waals surface area contributed by atoms with E-state index >= 15 is 0 Å². The molecule has 112 valence electrons. The van der Waals surface area contributed by atoms with Gasteiger partial charge in [0.25, 0.3) is 0 Å². The highest BCUT2D eigenvalue weighted by Gasteiger charge is 2.14. The molecule has 1 atom stereocenters. The highest BCUT2D eigenvalue weighted by Crippen LogP contribution is 2.28. The number of hydrogen-bond donors (Lipinski definition) is 0. The summed E-state index contributed by atoms with van der Waals surface area (Å²) in [5.74, 6) is 0.611. The van der Waals surface area contributed by atoms with Gasteiger partial charge in [0, 0.05) is 17.5 Å². The quantitative estimate of drug-likeness (QED) is 0.826. The Balaban J connectivity index is 2.27. The van der Waals surface area contributed by atoms with Gasteiger partial charge in [-0.1, -0.05) is 13.0 Å². The van der Waals surface area contributed by atoms with Gasteiger partial charge in [0.1, 0.15) is 11.6 Å². The third kappa shape index (κ3) is 3.41. The number of nitrogens with zero attached hydrogens (tertiary/aromatic N) is 1. The van der Waals surface area contributed by atoms with Gasteiger partial charge in [-0.3, -0.25) is 4.98 Å². The lowest BCUT2D eigenvalue weighted by molar-refractivity contribution is 0.407. The van der Waals surface area contributed by atoms with Crippen molar-refractivity contribution in [3.8, 4) is 5.75 Å². The van der Waals surface area contributed by atoms with Gasteiger partial charge in [0.05, 0.1) is 7.11 Å². The van der Waals surface area contributed by atoms with Gasteiger partial charge < -0.3 is 4.74 Å². The lowest BCUT2D eigenvalue weighted by Gasteiger charge is -2.16. The summed E-state index contributed by atoms with van der Waals surface area (Å²) in [6.45, 7) is 8.03. The highest BCUT2D eigenvalue weighted by molar-refractivity contribution is 5.38. The Kier molecular flexibility index (Phi) is 4.61. The topological polar surface area (TPSA) is 22.1 Å². The summed E-state index contributed by atoms with van der Waals surface area (Å²) in [5.41, 5.74) is 4.89. The average molecular weight is 287 g/mol. The standard InChI is InChI=1S/C18H22FNO/c1-11(16-7-6-13(3)20-14(16)4)8-15-9-12(2)18(21-5)10-17(15)19/h6-7,9-11H,8H2,1-5H3. The number of rotatable bonds is 4. The van der Waals surface area contributed by atoms with Crippen LogP contribution >= 0.6 is 0 Å². The van der Waals surface area contributed by atoms with Crippen LogP contribution in [0.2, 0.25) is 0 Å².